The van der Waals surface area contributed by atoms with Crippen molar-refractivity contribution in [2.75, 3.05) is 0 Å². The number of rotatable bonds is 8. The van der Waals surface area contributed by atoms with Gasteiger partial charge in [0.1, 0.15) is 5.82 Å². The van der Waals surface area contributed by atoms with Gasteiger partial charge in [-0.25, -0.2) is 13.2 Å². The van der Waals surface area contributed by atoms with Crippen molar-refractivity contribution in [3.63, 3.8) is 0 Å². The quantitative estimate of drug-likeness (QED) is 0.235. The first kappa shape index (κ1) is 25.3. The van der Waals surface area contributed by atoms with E-state index < -0.39 is 36.5 Å². The summed E-state index contributed by atoms with van der Waals surface area (Å²) in [5.74, 6) is -2.26. The van der Waals surface area contributed by atoms with Gasteiger partial charge in [-0.15, -0.1) is 0 Å². The molecule has 0 amide bonds. The molecule has 0 saturated heterocycles. The number of carbonyl (C=O) groups is 1. The Morgan fingerprint density at radius 1 is 1.03 bits per heavy atom. The molecule has 0 radical (unpaired) electrons. The summed E-state index contributed by atoms with van der Waals surface area (Å²) in [4.78, 5) is 27.2. The van der Waals surface area contributed by atoms with E-state index in [1.165, 1.54) is 30.6 Å². The van der Waals surface area contributed by atoms with Crippen molar-refractivity contribution in [2.24, 2.45) is 5.16 Å². The lowest BCUT2D eigenvalue weighted by Crippen LogP contribution is -2.15. The Kier molecular flexibility index (Phi) is 7.31. The fourth-order valence-electron chi connectivity index (χ4n) is 4.50. The smallest absolute Gasteiger partial charge is 0.245 e. The summed E-state index contributed by atoms with van der Waals surface area (Å²) in [6.07, 6.45) is 1.29. The Bertz CT molecular complexity index is 1480. The molecular formula is C30H24F3N3O2. The van der Waals surface area contributed by atoms with Gasteiger partial charge in [0.15, 0.2) is 11.9 Å². The highest BCUT2D eigenvalue weighted by atomic mass is 19.3. The monoisotopic (exact) mass is 515 g/mol. The van der Waals surface area contributed by atoms with Gasteiger partial charge in [0.05, 0.1) is 17.3 Å². The summed E-state index contributed by atoms with van der Waals surface area (Å²) >= 11 is 0. The van der Waals surface area contributed by atoms with Crippen LogP contribution in [-0.4, -0.2) is 27.9 Å². The molecule has 8 heteroatoms. The fourth-order valence-corrected chi connectivity index (χ4v) is 4.50. The molecule has 2 aromatic carbocycles. The number of halogens is 3. The number of alkyl halides is 2. The third-order valence-corrected chi connectivity index (χ3v) is 6.53. The second-order valence-corrected chi connectivity index (χ2v) is 9.23. The van der Waals surface area contributed by atoms with Gasteiger partial charge in [0.25, 0.3) is 0 Å². The number of aromatic nitrogens is 2. The van der Waals surface area contributed by atoms with Crippen molar-refractivity contribution >= 4 is 11.5 Å². The van der Waals surface area contributed by atoms with Gasteiger partial charge in [-0.2, -0.15) is 0 Å². The molecule has 1 aliphatic rings. The van der Waals surface area contributed by atoms with Crippen molar-refractivity contribution in [3.05, 3.63) is 119 Å². The van der Waals surface area contributed by atoms with E-state index in [-0.39, 0.29) is 11.1 Å². The summed E-state index contributed by atoms with van der Waals surface area (Å²) in [5, 5.41) is 4.22. The van der Waals surface area contributed by atoms with Gasteiger partial charge in [0, 0.05) is 48.1 Å². The number of aryl methyl sites for hydroxylation is 1. The number of carbonyl (C=O) groups excluding carboxylic acids is 1. The molecule has 0 bridgehead atoms. The van der Waals surface area contributed by atoms with E-state index in [0.717, 1.165) is 5.56 Å². The molecule has 0 spiro atoms. The first-order chi connectivity index (χ1) is 18.4. The van der Waals surface area contributed by atoms with Gasteiger partial charge in [-0.3, -0.25) is 14.8 Å². The first-order valence-corrected chi connectivity index (χ1v) is 12.2. The largest absolute Gasteiger partial charge is 0.385 e. The molecule has 38 heavy (non-hydrogen) atoms. The van der Waals surface area contributed by atoms with Crippen LogP contribution in [0, 0.1) is 12.7 Å². The molecule has 2 atom stereocenters. The molecule has 1 aliphatic heterocycles. The molecule has 0 aliphatic carbocycles. The van der Waals surface area contributed by atoms with E-state index >= 15 is 0 Å². The number of Topliss-reactive ketones (excluding diaryl/α,β-unsaturated/α-hetero) is 1. The first-order valence-electron chi connectivity index (χ1n) is 12.2. The maximum absolute atomic E-state index is 14.9. The SMILES string of the molecule is Cc1ccc(-c2cc(C(=O)CC(c3cccnc3)C(F)F)cc(C3=NOC(c4ccccn4)C3)c2)c(F)c1. The van der Waals surface area contributed by atoms with Crippen molar-refractivity contribution in [2.45, 2.75) is 38.2 Å². The molecule has 0 saturated carbocycles. The second-order valence-electron chi connectivity index (χ2n) is 9.23. The van der Waals surface area contributed by atoms with E-state index in [9.17, 15) is 18.0 Å². The molecule has 3 heterocycles. The lowest BCUT2D eigenvalue weighted by Gasteiger charge is -2.16. The van der Waals surface area contributed by atoms with Crippen LogP contribution in [-0.2, 0) is 4.84 Å². The Morgan fingerprint density at radius 2 is 1.87 bits per heavy atom. The molecule has 192 valence electrons. The van der Waals surface area contributed by atoms with E-state index in [1.807, 2.05) is 12.1 Å². The normalized spacial score (nSPS) is 15.7. The molecule has 0 fully saturated rings. The Balaban J connectivity index is 1.51. The molecular weight excluding hydrogens is 491 g/mol. The van der Waals surface area contributed by atoms with Crippen LogP contribution in [0.25, 0.3) is 11.1 Å². The van der Waals surface area contributed by atoms with Gasteiger partial charge >= 0.3 is 0 Å². The van der Waals surface area contributed by atoms with Gasteiger partial charge in [-0.1, -0.05) is 29.4 Å². The van der Waals surface area contributed by atoms with Crippen LogP contribution in [0.3, 0.4) is 0 Å². The maximum atomic E-state index is 14.9. The minimum atomic E-state index is -2.76. The second kappa shape index (κ2) is 11.0. The summed E-state index contributed by atoms with van der Waals surface area (Å²) in [5.41, 5.74) is 3.79. The lowest BCUT2D eigenvalue weighted by molar-refractivity contribution is 0.0825. The predicted octanol–water partition coefficient (Wildman–Crippen LogP) is 7.08. The molecule has 4 aromatic rings. The van der Waals surface area contributed by atoms with E-state index in [0.29, 0.717) is 34.5 Å². The maximum Gasteiger partial charge on any atom is 0.245 e. The summed E-state index contributed by atoms with van der Waals surface area (Å²) in [6.45, 7) is 1.78. The standard InChI is InChI=1S/C30H24F3N3O2/c1-18-7-8-23(25(31)11-18)20-12-21(27-16-29(38-36-27)26-6-2-3-10-35-26)14-22(13-20)28(37)15-24(30(32)33)19-5-4-9-34-17-19/h2-14,17,24,29-30H,15-16H2,1H3. The zero-order valence-electron chi connectivity index (χ0n) is 20.5. The van der Waals surface area contributed by atoms with Crippen molar-refractivity contribution in [1.82, 2.24) is 9.97 Å². The van der Waals surface area contributed by atoms with Gasteiger partial charge in [-0.05, 0) is 66.1 Å². The molecule has 5 rings (SSSR count). The number of ketones is 1. The third-order valence-electron chi connectivity index (χ3n) is 6.53. The van der Waals surface area contributed by atoms with Crippen LogP contribution in [0.4, 0.5) is 13.2 Å². The number of benzene rings is 2. The highest BCUT2D eigenvalue weighted by Gasteiger charge is 2.29. The molecule has 2 unspecified atom stereocenters. The van der Waals surface area contributed by atoms with Crippen LogP contribution < -0.4 is 0 Å². The summed E-state index contributed by atoms with van der Waals surface area (Å²) < 4.78 is 42.9. The zero-order valence-corrected chi connectivity index (χ0v) is 20.5. The molecule has 5 nitrogen and oxygen atoms in total. The van der Waals surface area contributed by atoms with Crippen LogP contribution in [0.5, 0.6) is 0 Å². The summed E-state index contributed by atoms with van der Waals surface area (Å²) in [7, 11) is 0. The Hall–Kier alpha value is -4.33. The minimum Gasteiger partial charge on any atom is -0.385 e. The van der Waals surface area contributed by atoms with Gasteiger partial charge in [0.2, 0.25) is 6.43 Å². The van der Waals surface area contributed by atoms with Gasteiger partial charge < -0.3 is 4.84 Å². The number of pyridine rings is 2. The number of oxime groups is 1. The lowest BCUT2D eigenvalue weighted by atomic mass is 9.89. The van der Waals surface area contributed by atoms with E-state index in [2.05, 4.69) is 15.1 Å². The Labute approximate surface area is 218 Å². The van der Waals surface area contributed by atoms with Crippen molar-refractivity contribution in [3.8, 4) is 11.1 Å². The van der Waals surface area contributed by atoms with E-state index in [4.69, 9.17) is 4.84 Å². The average molecular weight is 516 g/mol. The topological polar surface area (TPSA) is 64.4 Å². The van der Waals surface area contributed by atoms with Crippen molar-refractivity contribution in [1.29, 1.82) is 0 Å². The highest BCUT2D eigenvalue weighted by Crippen LogP contribution is 2.33. The highest BCUT2D eigenvalue weighted by molar-refractivity contribution is 6.06. The fraction of sp³-hybridized carbons (Fsp3) is 0.200. The minimum absolute atomic E-state index is 0.191. The predicted molar refractivity (Wildman–Crippen MR) is 138 cm³/mol. The third kappa shape index (κ3) is 5.49. The Morgan fingerprint density at radius 3 is 2.58 bits per heavy atom. The summed E-state index contributed by atoms with van der Waals surface area (Å²) in [6, 6.07) is 18.3. The van der Waals surface area contributed by atoms with E-state index in [1.54, 1.807) is 49.5 Å². The van der Waals surface area contributed by atoms with Crippen LogP contribution >= 0.6 is 0 Å². The van der Waals surface area contributed by atoms with Crippen LogP contribution in [0.15, 0.2) is 90.5 Å². The van der Waals surface area contributed by atoms with Crippen molar-refractivity contribution < 1.29 is 22.8 Å². The molecule has 0 N–H and O–H groups in total. The average Bonchev–Trinajstić information content (AvgIpc) is 3.43. The van der Waals surface area contributed by atoms with Crippen LogP contribution in [0.1, 0.15) is 57.6 Å². The van der Waals surface area contributed by atoms with Crippen LogP contribution in [0.2, 0.25) is 0 Å². The zero-order chi connectivity index (χ0) is 26.6. The molecule has 2 aromatic heterocycles. The number of hydrogen-bond donors (Lipinski definition) is 0. The number of hydrogen-bond acceptors (Lipinski definition) is 5. The number of nitrogens with zero attached hydrogens (tertiary/aromatic N) is 3.